The first kappa shape index (κ1) is 12.6. The van der Waals surface area contributed by atoms with Gasteiger partial charge in [0.2, 0.25) is 5.69 Å². The summed E-state index contributed by atoms with van der Waals surface area (Å²) in [6.07, 6.45) is 1.22. The van der Waals surface area contributed by atoms with Crippen molar-refractivity contribution in [3.05, 3.63) is 36.0 Å². The summed E-state index contributed by atoms with van der Waals surface area (Å²) >= 11 is 0. The van der Waals surface area contributed by atoms with Gasteiger partial charge in [0.1, 0.15) is 0 Å². The first-order valence-corrected chi connectivity index (χ1v) is 5.93. The summed E-state index contributed by atoms with van der Waals surface area (Å²) in [6, 6.07) is 9.13. The summed E-state index contributed by atoms with van der Waals surface area (Å²) in [5.41, 5.74) is -0.396. The van der Waals surface area contributed by atoms with Crippen LogP contribution in [0.25, 0.3) is 5.69 Å². The SMILES string of the molecule is CCCC(C)(O)c1c([O-])on[n+]1-c1ccccc1. The lowest BCUT2D eigenvalue weighted by Gasteiger charge is -2.18. The zero-order valence-corrected chi connectivity index (χ0v) is 10.5. The van der Waals surface area contributed by atoms with Crippen molar-refractivity contribution in [1.82, 2.24) is 5.27 Å². The Hall–Kier alpha value is -1.88. The molecule has 5 nitrogen and oxygen atoms in total. The summed E-state index contributed by atoms with van der Waals surface area (Å²) in [6.45, 7) is 3.54. The molecule has 2 aromatic rings. The third kappa shape index (κ3) is 2.22. The standard InChI is InChI=1S/C13H16N2O3/c1-3-9-13(2,17)11-12(16)18-14-15(11)10-7-5-4-6-8-10/h4-8,17H,3,9H2,1-2H3. The quantitative estimate of drug-likeness (QED) is 0.820. The third-order valence-corrected chi connectivity index (χ3v) is 2.86. The van der Waals surface area contributed by atoms with Crippen LogP contribution in [0, 0.1) is 0 Å². The highest BCUT2D eigenvalue weighted by atomic mass is 16.6. The Kier molecular flexibility index (Phi) is 3.34. The maximum atomic E-state index is 11.7. The van der Waals surface area contributed by atoms with Crippen LogP contribution in [0.5, 0.6) is 5.95 Å². The number of nitrogens with zero attached hydrogens (tertiary/aromatic N) is 2. The van der Waals surface area contributed by atoms with Gasteiger partial charge in [-0.25, -0.2) is 0 Å². The molecule has 96 valence electrons. The van der Waals surface area contributed by atoms with Crippen LogP contribution >= 0.6 is 0 Å². The minimum absolute atomic E-state index is 0.163. The van der Waals surface area contributed by atoms with Crippen molar-refractivity contribution in [2.24, 2.45) is 0 Å². The molecule has 18 heavy (non-hydrogen) atoms. The maximum absolute atomic E-state index is 11.7. The van der Waals surface area contributed by atoms with Crippen LogP contribution in [0.2, 0.25) is 0 Å². The Balaban J connectivity index is 2.52. The monoisotopic (exact) mass is 248 g/mol. The van der Waals surface area contributed by atoms with Gasteiger partial charge < -0.3 is 14.7 Å². The predicted molar refractivity (Wildman–Crippen MR) is 62.0 cm³/mol. The first-order valence-electron chi connectivity index (χ1n) is 5.93. The van der Waals surface area contributed by atoms with Gasteiger partial charge in [0.05, 0.1) is 5.27 Å². The van der Waals surface area contributed by atoms with Gasteiger partial charge in [-0.05, 0) is 18.0 Å². The molecule has 1 aromatic carbocycles. The van der Waals surface area contributed by atoms with Gasteiger partial charge in [-0.1, -0.05) is 31.5 Å². The van der Waals surface area contributed by atoms with E-state index in [4.69, 9.17) is 0 Å². The molecule has 1 atom stereocenters. The topological polar surface area (TPSA) is 73.2 Å². The van der Waals surface area contributed by atoms with Gasteiger partial charge in [0.15, 0.2) is 11.5 Å². The van der Waals surface area contributed by atoms with E-state index in [2.05, 4.69) is 9.79 Å². The van der Waals surface area contributed by atoms with E-state index in [9.17, 15) is 10.2 Å². The van der Waals surface area contributed by atoms with Crippen molar-refractivity contribution in [3.63, 3.8) is 0 Å². The highest BCUT2D eigenvalue weighted by Gasteiger charge is 2.37. The minimum Gasteiger partial charge on any atom is -0.539 e. The van der Waals surface area contributed by atoms with Gasteiger partial charge in [-0.15, -0.1) is 0 Å². The van der Waals surface area contributed by atoms with Crippen molar-refractivity contribution < 1.29 is 19.4 Å². The zero-order valence-electron chi connectivity index (χ0n) is 10.5. The number of para-hydroxylation sites is 1. The van der Waals surface area contributed by atoms with Crippen molar-refractivity contribution in [3.8, 4) is 11.6 Å². The van der Waals surface area contributed by atoms with E-state index in [1.807, 2.05) is 25.1 Å². The Morgan fingerprint density at radius 2 is 2.06 bits per heavy atom. The van der Waals surface area contributed by atoms with Crippen LogP contribution in [-0.2, 0) is 5.60 Å². The molecule has 5 heteroatoms. The van der Waals surface area contributed by atoms with E-state index in [0.29, 0.717) is 12.1 Å². The van der Waals surface area contributed by atoms with E-state index in [1.165, 1.54) is 4.68 Å². The first-order chi connectivity index (χ1) is 8.56. The van der Waals surface area contributed by atoms with E-state index in [1.54, 1.807) is 19.1 Å². The molecule has 0 aliphatic heterocycles. The third-order valence-electron chi connectivity index (χ3n) is 2.86. The fraction of sp³-hybridized carbons (Fsp3) is 0.385. The van der Waals surface area contributed by atoms with Crippen LogP contribution in [0.3, 0.4) is 0 Å². The fourth-order valence-corrected chi connectivity index (χ4v) is 2.05. The van der Waals surface area contributed by atoms with E-state index >= 15 is 0 Å². The van der Waals surface area contributed by atoms with Crippen LogP contribution in [0.4, 0.5) is 0 Å². The summed E-state index contributed by atoms with van der Waals surface area (Å²) in [5.74, 6) is -0.600. The van der Waals surface area contributed by atoms with Crippen molar-refractivity contribution in [2.75, 3.05) is 0 Å². The number of benzene rings is 1. The van der Waals surface area contributed by atoms with Gasteiger partial charge in [0.25, 0.3) is 5.69 Å². The molecule has 0 fully saturated rings. The Labute approximate surface area is 105 Å². The lowest BCUT2D eigenvalue weighted by Crippen LogP contribution is -2.43. The highest BCUT2D eigenvalue weighted by molar-refractivity contribution is 5.23. The molecule has 0 radical (unpaired) electrons. The van der Waals surface area contributed by atoms with Crippen LogP contribution in [0.15, 0.2) is 34.9 Å². The second-order valence-electron chi connectivity index (χ2n) is 4.48. The maximum Gasteiger partial charge on any atom is 0.271 e. The molecule has 1 heterocycles. The van der Waals surface area contributed by atoms with Crippen LogP contribution in [-0.4, -0.2) is 10.4 Å². The molecule has 0 bridgehead atoms. The smallest absolute Gasteiger partial charge is 0.271 e. The highest BCUT2D eigenvalue weighted by Crippen LogP contribution is 2.28. The van der Waals surface area contributed by atoms with Gasteiger partial charge >= 0.3 is 0 Å². The van der Waals surface area contributed by atoms with Crippen molar-refractivity contribution >= 4 is 0 Å². The lowest BCUT2D eigenvalue weighted by atomic mass is 9.96. The number of hydrogen-bond donors (Lipinski definition) is 1. The molecule has 0 saturated carbocycles. The lowest BCUT2D eigenvalue weighted by molar-refractivity contribution is -0.684. The zero-order chi connectivity index (χ0) is 13.2. The fourth-order valence-electron chi connectivity index (χ4n) is 2.05. The van der Waals surface area contributed by atoms with Crippen LogP contribution in [0.1, 0.15) is 32.4 Å². The Morgan fingerprint density at radius 3 is 2.67 bits per heavy atom. The Morgan fingerprint density at radius 1 is 1.39 bits per heavy atom. The second-order valence-corrected chi connectivity index (χ2v) is 4.48. The molecule has 1 unspecified atom stereocenters. The molecule has 2 rings (SSSR count). The van der Waals surface area contributed by atoms with E-state index in [-0.39, 0.29) is 5.69 Å². The Bertz CT molecular complexity index is 520. The molecular weight excluding hydrogens is 232 g/mol. The molecule has 0 spiro atoms. The molecular formula is C13H16N2O3. The second kappa shape index (κ2) is 4.78. The summed E-state index contributed by atoms with van der Waals surface area (Å²) < 4.78 is 6.04. The predicted octanol–water partition coefficient (Wildman–Crippen LogP) is 1.03. The number of rotatable bonds is 4. The number of hydrogen-bond acceptors (Lipinski definition) is 4. The average Bonchev–Trinajstić information content (AvgIpc) is 2.73. The van der Waals surface area contributed by atoms with Gasteiger partial charge in [0, 0.05) is 12.1 Å². The van der Waals surface area contributed by atoms with Crippen molar-refractivity contribution in [1.29, 1.82) is 0 Å². The summed E-state index contributed by atoms with van der Waals surface area (Å²) in [5, 5.41) is 25.8. The molecule has 1 N–H and O–H groups in total. The molecule has 0 saturated heterocycles. The normalized spacial score (nSPS) is 14.4. The van der Waals surface area contributed by atoms with E-state index < -0.39 is 11.5 Å². The van der Waals surface area contributed by atoms with Crippen molar-refractivity contribution in [2.45, 2.75) is 32.3 Å². The summed E-state index contributed by atoms with van der Waals surface area (Å²) in [7, 11) is 0. The van der Waals surface area contributed by atoms with Gasteiger partial charge in [-0.3, -0.25) is 0 Å². The minimum atomic E-state index is -1.25. The molecule has 0 aliphatic carbocycles. The van der Waals surface area contributed by atoms with E-state index in [0.717, 1.165) is 6.42 Å². The largest absolute Gasteiger partial charge is 0.539 e. The molecule has 0 amide bonds. The molecule has 1 aromatic heterocycles. The number of aliphatic hydroxyl groups is 1. The average molecular weight is 248 g/mol. The molecule has 0 aliphatic rings. The van der Waals surface area contributed by atoms with Crippen LogP contribution < -0.4 is 9.79 Å². The number of aromatic nitrogens is 2. The summed E-state index contributed by atoms with van der Waals surface area (Å²) in [4.78, 5) is 0. The van der Waals surface area contributed by atoms with Gasteiger partial charge in [-0.2, -0.15) is 0 Å².